The van der Waals surface area contributed by atoms with Crippen molar-refractivity contribution >= 4 is 33.1 Å². The number of ether oxygens (including phenoxy) is 1. The van der Waals surface area contributed by atoms with E-state index < -0.39 is 27.8 Å². The number of hydrogen-bond acceptors (Lipinski definition) is 5. The SMILES string of the molecule is O=C(O)C1=Cc2ccccc2N(S(=O)(=O)C(=O)OCc2ccccc2)C1. The highest BCUT2D eigenvalue weighted by molar-refractivity contribution is 8.06. The summed E-state index contributed by atoms with van der Waals surface area (Å²) in [4.78, 5) is 23.5. The van der Waals surface area contributed by atoms with E-state index in [0.717, 1.165) is 4.31 Å². The number of carbonyl (C=O) groups excluding carboxylic acids is 1. The van der Waals surface area contributed by atoms with Gasteiger partial charge in [-0.15, -0.1) is 0 Å². The summed E-state index contributed by atoms with van der Waals surface area (Å²) in [7, 11) is -4.54. The van der Waals surface area contributed by atoms with Crippen molar-refractivity contribution in [3.8, 4) is 0 Å². The minimum atomic E-state index is -4.54. The van der Waals surface area contributed by atoms with E-state index in [2.05, 4.69) is 0 Å². The van der Waals surface area contributed by atoms with E-state index in [1.807, 2.05) is 0 Å². The second kappa shape index (κ2) is 7.01. The Hall–Kier alpha value is -3.13. The van der Waals surface area contributed by atoms with Gasteiger partial charge >= 0.3 is 21.3 Å². The van der Waals surface area contributed by atoms with Crippen molar-refractivity contribution in [2.45, 2.75) is 6.61 Å². The van der Waals surface area contributed by atoms with Gasteiger partial charge in [-0.05, 0) is 23.3 Å². The van der Waals surface area contributed by atoms with Crippen LogP contribution in [0.4, 0.5) is 10.5 Å². The number of fused-ring (bicyclic) bond motifs is 1. The highest BCUT2D eigenvalue weighted by atomic mass is 32.2. The summed E-state index contributed by atoms with van der Waals surface area (Å²) in [5.41, 5.74) is 1.13. The van der Waals surface area contributed by atoms with Crippen molar-refractivity contribution < 1.29 is 27.9 Å². The summed E-state index contributed by atoms with van der Waals surface area (Å²) in [5, 5.41) is 7.80. The molecule has 0 aromatic heterocycles. The molecule has 0 aliphatic carbocycles. The third kappa shape index (κ3) is 3.45. The number of anilines is 1. The molecule has 8 heteroatoms. The van der Waals surface area contributed by atoms with Crippen LogP contribution in [0.15, 0.2) is 60.2 Å². The van der Waals surface area contributed by atoms with Crippen molar-refractivity contribution in [3.63, 3.8) is 0 Å². The molecule has 1 N–H and O–H groups in total. The molecule has 1 aliphatic heterocycles. The molecule has 2 aromatic carbocycles. The van der Waals surface area contributed by atoms with Gasteiger partial charge in [0.1, 0.15) is 6.61 Å². The van der Waals surface area contributed by atoms with Crippen LogP contribution < -0.4 is 4.31 Å². The van der Waals surface area contributed by atoms with Gasteiger partial charge in [0.2, 0.25) is 0 Å². The fourth-order valence-electron chi connectivity index (χ4n) is 2.53. The lowest BCUT2D eigenvalue weighted by atomic mass is 10.0. The molecule has 0 bridgehead atoms. The zero-order valence-corrected chi connectivity index (χ0v) is 14.3. The third-order valence-corrected chi connectivity index (χ3v) is 5.27. The van der Waals surface area contributed by atoms with Crippen LogP contribution in [-0.4, -0.2) is 31.3 Å². The first-order valence-corrected chi connectivity index (χ1v) is 9.10. The number of para-hydroxylation sites is 1. The van der Waals surface area contributed by atoms with E-state index in [0.29, 0.717) is 11.1 Å². The maximum Gasteiger partial charge on any atom is 0.445 e. The molecule has 7 nitrogen and oxygen atoms in total. The molecule has 3 rings (SSSR count). The molecule has 0 amide bonds. The molecule has 26 heavy (non-hydrogen) atoms. The topological polar surface area (TPSA) is 101 Å². The molecule has 0 saturated carbocycles. The molecule has 134 valence electrons. The predicted molar refractivity (Wildman–Crippen MR) is 94.9 cm³/mol. The molecule has 0 saturated heterocycles. The Morgan fingerprint density at radius 3 is 2.38 bits per heavy atom. The maximum absolute atomic E-state index is 12.7. The van der Waals surface area contributed by atoms with Crippen molar-refractivity contribution in [1.29, 1.82) is 0 Å². The normalized spacial score (nSPS) is 13.5. The first-order valence-electron chi connectivity index (χ1n) is 7.66. The van der Waals surface area contributed by atoms with Crippen molar-refractivity contribution in [3.05, 3.63) is 71.3 Å². The van der Waals surface area contributed by atoms with Crippen LogP contribution in [-0.2, 0) is 26.2 Å². The molecule has 1 aliphatic rings. The van der Waals surface area contributed by atoms with Crippen LogP contribution in [0.25, 0.3) is 6.08 Å². The lowest BCUT2D eigenvalue weighted by Crippen LogP contribution is -2.40. The van der Waals surface area contributed by atoms with Crippen molar-refractivity contribution in [1.82, 2.24) is 0 Å². The van der Waals surface area contributed by atoms with E-state index in [4.69, 9.17) is 4.74 Å². The first kappa shape index (κ1) is 17.7. The minimum Gasteiger partial charge on any atom is -0.478 e. The number of sulfonamides is 1. The number of rotatable bonds is 4. The van der Waals surface area contributed by atoms with Crippen LogP contribution in [0.3, 0.4) is 0 Å². The van der Waals surface area contributed by atoms with E-state index in [1.54, 1.807) is 48.5 Å². The smallest absolute Gasteiger partial charge is 0.445 e. The molecular weight excluding hydrogens is 358 g/mol. The average molecular weight is 373 g/mol. The molecule has 0 unspecified atom stereocenters. The quantitative estimate of drug-likeness (QED) is 0.827. The molecule has 0 radical (unpaired) electrons. The lowest BCUT2D eigenvalue weighted by molar-refractivity contribution is -0.132. The third-order valence-electron chi connectivity index (χ3n) is 3.82. The zero-order chi connectivity index (χ0) is 18.7. The Kier molecular flexibility index (Phi) is 4.77. The number of hydrogen-bond donors (Lipinski definition) is 1. The molecule has 0 spiro atoms. The Balaban J connectivity index is 1.87. The molecular formula is C18H15NO6S. The van der Waals surface area contributed by atoms with Gasteiger partial charge in [-0.2, -0.15) is 8.42 Å². The summed E-state index contributed by atoms with van der Waals surface area (Å²) in [6, 6.07) is 15.0. The Morgan fingerprint density at radius 1 is 1.04 bits per heavy atom. The Labute approximate surface area is 150 Å². The van der Waals surface area contributed by atoms with Gasteiger partial charge < -0.3 is 9.84 Å². The van der Waals surface area contributed by atoms with Crippen LogP contribution in [0.2, 0.25) is 0 Å². The van der Waals surface area contributed by atoms with E-state index in [1.165, 1.54) is 12.1 Å². The molecule has 0 atom stereocenters. The summed E-state index contributed by atoms with van der Waals surface area (Å²) < 4.78 is 31.0. The largest absolute Gasteiger partial charge is 0.478 e. The number of benzene rings is 2. The second-order valence-corrected chi connectivity index (χ2v) is 7.29. The number of carbonyl (C=O) groups is 2. The Morgan fingerprint density at radius 2 is 1.69 bits per heavy atom. The molecule has 2 aromatic rings. The van der Waals surface area contributed by atoms with Crippen LogP contribution >= 0.6 is 0 Å². The van der Waals surface area contributed by atoms with Crippen LogP contribution in [0.5, 0.6) is 0 Å². The van der Waals surface area contributed by atoms with Crippen LogP contribution in [0.1, 0.15) is 11.1 Å². The highest BCUT2D eigenvalue weighted by Gasteiger charge is 2.37. The van der Waals surface area contributed by atoms with Crippen LogP contribution in [0, 0.1) is 0 Å². The fourth-order valence-corrected chi connectivity index (χ4v) is 3.66. The summed E-state index contributed by atoms with van der Waals surface area (Å²) in [6.07, 6.45) is 1.39. The van der Waals surface area contributed by atoms with Crippen molar-refractivity contribution in [2.75, 3.05) is 10.8 Å². The van der Waals surface area contributed by atoms with E-state index in [9.17, 15) is 23.1 Å². The highest BCUT2D eigenvalue weighted by Crippen LogP contribution is 2.31. The van der Waals surface area contributed by atoms with Gasteiger partial charge in [0.05, 0.1) is 17.8 Å². The van der Waals surface area contributed by atoms with Gasteiger partial charge in [-0.25, -0.2) is 9.59 Å². The summed E-state index contributed by atoms with van der Waals surface area (Å²) in [5.74, 6) is -1.25. The fraction of sp³-hybridized carbons (Fsp3) is 0.111. The van der Waals surface area contributed by atoms with Gasteiger partial charge in [-0.1, -0.05) is 48.5 Å². The van der Waals surface area contributed by atoms with Gasteiger partial charge in [0, 0.05) is 0 Å². The molecule has 0 fully saturated rings. The summed E-state index contributed by atoms with van der Waals surface area (Å²) in [6.45, 7) is -0.648. The number of carboxylic acid groups (broad SMARTS) is 1. The van der Waals surface area contributed by atoms with Gasteiger partial charge in [0.15, 0.2) is 0 Å². The average Bonchev–Trinajstić information content (AvgIpc) is 2.65. The number of nitrogens with zero attached hydrogens (tertiary/aromatic N) is 1. The zero-order valence-electron chi connectivity index (χ0n) is 13.5. The van der Waals surface area contributed by atoms with Gasteiger partial charge in [0.25, 0.3) is 0 Å². The number of aliphatic carboxylic acids is 1. The summed E-state index contributed by atoms with van der Waals surface area (Å²) >= 11 is 0. The molecule has 1 heterocycles. The maximum atomic E-state index is 12.7. The lowest BCUT2D eigenvalue weighted by Gasteiger charge is -2.28. The van der Waals surface area contributed by atoms with E-state index in [-0.39, 0.29) is 17.9 Å². The minimum absolute atomic E-state index is 0.136. The predicted octanol–water partition coefficient (Wildman–Crippen LogP) is 2.64. The second-order valence-electron chi connectivity index (χ2n) is 5.57. The Bertz CT molecular complexity index is 982. The van der Waals surface area contributed by atoms with E-state index >= 15 is 0 Å². The number of carboxylic acids is 1. The first-order chi connectivity index (χ1) is 12.4. The van der Waals surface area contributed by atoms with Crippen molar-refractivity contribution in [2.24, 2.45) is 0 Å². The van der Waals surface area contributed by atoms with Gasteiger partial charge in [-0.3, -0.25) is 4.31 Å². The monoisotopic (exact) mass is 373 g/mol. The standard InChI is InChI=1S/C18H15NO6S/c20-17(21)15-10-14-8-4-5-9-16(14)19(11-15)26(23,24)18(22)25-12-13-6-2-1-3-7-13/h1-10H,11-12H2,(H,20,21).